The predicted molar refractivity (Wildman–Crippen MR) is 201 cm³/mol. The molecular formula is C46H33N. The van der Waals surface area contributed by atoms with Gasteiger partial charge in [0.2, 0.25) is 0 Å². The Morgan fingerprint density at radius 1 is 0.362 bits per heavy atom. The maximum Gasteiger partial charge on any atom is 0.0541 e. The molecule has 0 aliphatic rings. The van der Waals surface area contributed by atoms with E-state index in [9.17, 15) is 0 Å². The third kappa shape index (κ3) is 4.47. The number of benzene rings is 8. The van der Waals surface area contributed by atoms with Gasteiger partial charge in [-0.15, -0.1) is 0 Å². The van der Waals surface area contributed by atoms with Crippen molar-refractivity contribution in [1.29, 1.82) is 0 Å². The summed E-state index contributed by atoms with van der Waals surface area (Å²) in [6, 6.07) is 62.3. The van der Waals surface area contributed by atoms with Crippen molar-refractivity contribution < 1.29 is 0 Å². The lowest BCUT2D eigenvalue weighted by Gasteiger charge is -2.18. The van der Waals surface area contributed by atoms with Gasteiger partial charge in [0.1, 0.15) is 0 Å². The standard InChI is InChI=1S/C46H33N/c1-2-31-13-12-16-36(29-31)47-43-22-11-10-17-37(43)42-30-35(27-28-44(42)47)32-23-25-34(26-24-32)46-40-20-8-6-18-38(40)45(33-14-4-3-5-15-33)39-19-7-9-21-41(39)46/h3-30H,2H2,1H3. The Hall–Kier alpha value is -5.92. The van der Waals surface area contributed by atoms with Gasteiger partial charge in [0, 0.05) is 16.5 Å². The van der Waals surface area contributed by atoms with Crippen molar-refractivity contribution in [3.05, 3.63) is 175 Å². The van der Waals surface area contributed by atoms with E-state index in [0.717, 1.165) is 6.42 Å². The zero-order valence-corrected chi connectivity index (χ0v) is 26.3. The summed E-state index contributed by atoms with van der Waals surface area (Å²) in [5.41, 5.74) is 12.5. The Kier molecular flexibility index (Phi) is 6.50. The molecule has 0 unspecified atom stereocenters. The normalized spacial score (nSPS) is 11.6. The Morgan fingerprint density at radius 2 is 0.872 bits per heavy atom. The summed E-state index contributed by atoms with van der Waals surface area (Å²) in [7, 11) is 0. The van der Waals surface area contributed by atoms with Gasteiger partial charge in [0.25, 0.3) is 0 Å². The van der Waals surface area contributed by atoms with E-state index in [1.54, 1.807) is 0 Å². The molecule has 1 heterocycles. The summed E-state index contributed by atoms with van der Waals surface area (Å²) in [6.45, 7) is 2.22. The molecule has 1 nitrogen and oxygen atoms in total. The highest BCUT2D eigenvalue weighted by atomic mass is 15.0. The van der Waals surface area contributed by atoms with Crippen molar-refractivity contribution in [3.63, 3.8) is 0 Å². The van der Waals surface area contributed by atoms with E-state index in [1.807, 2.05) is 0 Å². The molecule has 9 rings (SSSR count). The second-order valence-electron chi connectivity index (χ2n) is 12.4. The maximum atomic E-state index is 2.41. The third-order valence-corrected chi connectivity index (χ3v) is 9.75. The first-order valence-electron chi connectivity index (χ1n) is 16.5. The van der Waals surface area contributed by atoms with Crippen molar-refractivity contribution in [2.24, 2.45) is 0 Å². The van der Waals surface area contributed by atoms with E-state index in [2.05, 4.69) is 181 Å². The fourth-order valence-corrected chi connectivity index (χ4v) is 7.53. The summed E-state index contributed by atoms with van der Waals surface area (Å²) in [4.78, 5) is 0. The van der Waals surface area contributed by atoms with Crippen LogP contribution in [-0.2, 0) is 6.42 Å². The largest absolute Gasteiger partial charge is 0.309 e. The van der Waals surface area contributed by atoms with Gasteiger partial charge in [-0.2, -0.15) is 0 Å². The van der Waals surface area contributed by atoms with Crippen LogP contribution in [0.15, 0.2) is 170 Å². The lowest BCUT2D eigenvalue weighted by Crippen LogP contribution is -1.95. The second-order valence-corrected chi connectivity index (χ2v) is 12.4. The van der Waals surface area contributed by atoms with E-state index in [0.29, 0.717) is 0 Å². The molecule has 0 fully saturated rings. The van der Waals surface area contributed by atoms with Crippen molar-refractivity contribution in [2.45, 2.75) is 13.3 Å². The molecule has 0 atom stereocenters. The number of hydrogen-bond donors (Lipinski definition) is 0. The molecule has 0 aliphatic carbocycles. The van der Waals surface area contributed by atoms with Gasteiger partial charge in [0.15, 0.2) is 0 Å². The molecule has 1 heteroatoms. The molecule has 0 aliphatic heterocycles. The molecule has 222 valence electrons. The van der Waals surface area contributed by atoms with E-state index < -0.39 is 0 Å². The minimum absolute atomic E-state index is 1.02. The molecule has 0 radical (unpaired) electrons. The minimum atomic E-state index is 1.02. The Morgan fingerprint density at radius 3 is 1.51 bits per heavy atom. The van der Waals surface area contributed by atoms with Crippen LogP contribution in [0.5, 0.6) is 0 Å². The second kappa shape index (κ2) is 11.2. The Labute approximate surface area is 275 Å². The van der Waals surface area contributed by atoms with Crippen LogP contribution in [0.1, 0.15) is 12.5 Å². The number of aryl methyl sites for hydroxylation is 1. The van der Waals surface area contributed by atoms with Crippen LogP contribution < -0.4 is 0 Å². The number of hydrogen-bond acceptors (Lipinski definition) is 0. The average molecular weight is 600 g/mol. The summed E-state index contributed by atoms with van der Waals surface area (Å²) in [5, 5.41) is 7.67. The molecule has 0 N–H and O–H groups in total. The van der Waals surface area contributed by atoms with Crippen LogP contribution in [0, 0.1) is 0 Å². The zero-order valence-electron chi connectivity index (χ0n) is 26.3. The molecule has 0 amide bonds. The van der Waals surface area contributed by atoms with Crippen LogP contribution in [0.25, 0.3) is 82.4 Å². The first kappa shape index (κ1) is 27.4. The fraction of sp³-hybridized carbons (Fsp3) is 0.0435. The quantitative estimate of drug-likeness (QED) is 0.173. The van der Waals surface area contributed by atoms with Gasteiger partial charge < -0.3 is 4.57 Å². The smallest absolute Gasteiger partial charge is 0.0541 e. The predicted octanol–water partition coefficient (Wildman–Crippen LogP) is 12.7. The average Bonchev–Trinajstić information content (AvgIpc) is 3.48. The molecule has 0 spiro atoms. The van der Waals surface area contributed by atoms with Crippen molar-refractivity contribution in [2.75, 3.05) is 0 Å². The van der Waals surface area contributed by atoms with Crippen molar-refractivity contribution in [3.8, 4) is 39.1 Å². The highest BCUT2D eigenvalue weighted by Gasteiger charge is 2.17. The van der Waals surface area contributed by atoms with Gasteiger partial charge >= 0.3 is 0 Å². The molecule has 8 aromatic carbocycles. The topological polar surface area (TPSA) is 4.93 Å². The van der Waals surface area contributed by atoms with E-state index in [-0.39, 0.29) is 0 Å². The first-order chi connectivity index (χ1) is 23.3. The Balaban J connectivity index is 1.19. The molecule has 0 bridgehead atoms. The molecule has 1 aromatic heterocycles. The minimum Gasteiger partial charge on any atom is -0.309 e. The number of aromatic nitrogens is 1. The van der Waals surface area contributed by atoms with E-state index >= 15 is 0 Å². The first-order valence-corrected chi connectivity index (χ1v) is 16.5. The molecule has 0 saturated carbocycles. The van der Waals surface area contributed by atoms with Gasteiger partial charge in [-0.1, -0.05) is 146 Å². The van der Waals surface area contributed by atoms with Gasteiger partial charge in [-0.3, -0.25) is 0 Å². The van der Waals surface area contributed by atoms with Crippen LogP contribution in [0.4, 0.5) is 0 Å². The maximum absolute atomic E-state index is 2.41. The molecule has 9 aromatic rings. The van der Waals surface area contributed by atoms with Crippen LogP contribution in [0.2, 0.25) is 0 Å². The lowest BCUT2D eigenvalue weighted by molar-refractivity contribution is 1.11. The lowest BCUT2D eigenvalue weighted by atomic mass is 9.86. The van der Waals surface area contributed by atoms with Gasteiger partial charge in [-0.05, 0) is 97.2 Å². The van der Waals surface area contributed by atoms with Gasteiger partial charge in [0.05, 0.1) is 11.0 Å². The van der Waals surface area contributed by atoms with E-state index in [1.165, 1.54) is 88.0 Å². The molecule has 0 saturated heterocycles. The van der Waals surface area contributed by atoms with Crippen molar-refractivity contribution >= 4 is 43.4 Å². The monoisotopic (exact) mass is 599 g/mol. The third-order valence-electron chi connectivity index (χ3n) is 9.75. The zero-order chi connectivity index (χ0) is 31.3. The fourth-order valence-electron chi connectivity index (χ4n) is 7.53. The molecular weight excluding hydrogens is 567 g/mol. The highest BCUT2D eigenvalue weighted by molar-refractivity contribution is 6.21. The van der Waals surface area contributed by atoms with Crippen LogP contribution >= 0.6 is 0 Å². The SMILES string of the molecule is CCc1cccc(-n2c3ccccc3c3cc(-c4ccc(-c5c6ccccc6c(-c6ccccc6)c6ccccc56)cc4)ccc32)c1. The van der Waals surface area contributed by atoms with Gasteiger partial charge in [-0.25, -0.2) is 0 Å². The van der Waals surface area contributed by atoms with Crippen LogP contribution in [-0.4, -0.2) is 4.57 Å². The summed E-state index contributed by atoms with van der Waals surface area (Å²) < 4.78 is 2.41. The summed E-state index contributed by atoms with van der Waals surface area (Å²) in [5.74, 6) is 0. The Bertz CT molecular complexity index is 2530. The number of fused-ring (bicyclic) bond motifs is 5. The number of rotatable bonds is 5. The summed E-state index contributed by atoms with van der Waals surface area (Å²) >= 11 is 0. The number of para-hydroxylation sites is 1. The number of nitrogens with zero attached hydrogens (tertiary/aromatic N) is 1. The highest BCUT2D eigenvalue weighted by Crippen LogP contribution is 2.44. The summed E-state index contributed by atoms with van der Waals surface area (Å²) in [6.07, 6.45) is 1.02. The molecule has 47 heavy (non-hydrogen) atoms. The van der Waals surface area contributed by atoms with E-state index in [4.69, 9.17) is 0 Å². The van der Waals surface area contributed by atoms with Crippen molar-refractivity contribution in [1.82, 2.24) is 4.57 Å². The van der Waals surface area contributed by atoms with Crippen LogP contribution in [0.3, 0.4) is 0 Å².